The molecule has 1 fully saturated rings. The van der Waals surface area contributed by atoms with E-state index >= 15 is 0 Å². The highest BCUT2D eigenvalue weighted by Crippen LogP contribution is 2.18. The first-order chi connectivity index (χ1) is 9.79. The number of morpholine rings is 1. The van der Waals surface area contributed by atoms with Crippen molar-refractivity contribution in [2.75, 3.05) is 45.2 Å². The van der Waals surface area contributed by atoms with Gasteiger partial charge in [0.25, 0.3) is 0 Å². The zero-order chi connectivity index (χ0) is 14.2. The van der Waals surface area contributed by atoms with Crippen LogP contribution in [0, 0.1) is 0 Å². The van der Waals surface area contributed by atoms with Gasteiger partial charge in [0.2, 0.25) is 5.91 Å². The van der Waals surface area contributed by atoms with Gasteiger partial charge in [-0.05, 0) is 18.7 Å². The number of hydrogen-bond acceptors (Lipinski definition) is 4. The molecule has 2 N–H and O–H groups in total. The Labute approximate surface area is 144 Å². The number of amides is 1. The van der Waals surface area contributed by atoms with Gasteiger partial charge in [-0.25, -0.2) is 0 Å². The second kappa shape index (κ2) is 11.7. The van der Waals surface area contributed by atoms with Gasteiger partial charge in [0.15, 0.2) is 0 Å². The first-order valence-electron chi connectivity index (χ1n) is 7.12. The topological polar surface area (TPSA) is 53.6 Å². The maximum Gasteiger partial charge on any atom is 0.225 e. The monoisotopic (exact) mass is 349 g/mol. The number of rotatable bonds is 6. The second-order valence-electron chi connectivity index (χ2n) is 4.95. The standard InChI is InChI=1S/C15H23N3O2.2ClH/c1-16-7-6-15(19)17-14-5-3-2-4-13(14)12-18-8-10-20-11-9-18;;/h2-5,16H,6-12H2,1H3,(H,17,19);2*1H. The van der Waals surface area contributed by atoms with E-state index in [0.717, 1.165) is 44.1 Å². The minimum Gasteiger partial charge on any atom is -0.379 e. The third-order valence-corrected chi connectivity index (χ3v) is 3.39. The average molecular weight is 350 g/mol. The minimum atomic E-state index is 0. The Balaban J connectivity index is 0.00000220. The summed E-state index contributed by atoms with van der Waals surface area (Å²) in [5.41, 5.74) is 2.08. The molecule has 1 aromatic carbocycles. The van der Waals surface area contributed by atoms with Gasteiger partial charge in [0.1, 0.15) is 0 Å². The second-order valence-corrected chi connectivity index (χ2v) is 4.95. The zero-order valence-electron chi connectivity index (χ0n) is 12.8. The number of anilines is 1. The molecule has 0 aliphatic carbocycles. The van der Waals surface area contributed by atoms with Crippen LogP contribution in [0.15, 0.2) is 24.3 Å². The normalized spacial score (nSPS) is 14.6. The van der Waals surface area contributed by atoms with E-state index in [0.29, 0.717) is 13.0 Å². The molecule has 126 valence electrons. The van der Waals surface area contributed by atoms with Crippen LogP contribution in [0.25, 0.3) is 0 Å². The largest absolute Gasteiger partial charge is 0.379 e. The lowest BCUT2D eigenvalue weighted by atomic mass is 10.1. The van der Waals surface area contributed by atoms with E-state index in [1.165, 1.54) is 0 Å². The number of para-hydroxylation sites is 1. The highest BCUT2D eigenvalue weighted by molar-refractivity contribution is 5.91. The molecule has 0 spiro atoms. The molecule has 0 unspecified atom stereocenters. The van der Waals surface area contributed by atoms with E-state index in [-0.39, 0.29) is 30.7 Å². The van der Waals surface area contributed by atoms with Crippen molar-refractivity contribution in [2.45, 2.75) is 13.0 Å². The number of carbonyl (C=O) groups excluding carboxylic acids is 1. The summed E-state index contributed by atoms with van der Waals surface area (Å²) in [5.74, 6) is 0.0498. The Bertz CT molecular complexity index is 441. The fraction of sp³-hybridized carbons (Fsp3) is 0.533. The van der Waals surface area contributed by atoms with Crippen LogP contribution < -0.4 is 10.6 Å². The first-order valence-corrected chi connectivity index (χ1v) is 7.12. The SMILES string of the molecule is CNCCC(=O)Nc1ccccc1CN1CCOCC1.Cl.Cl. The highest BCUT2D eigenvalue weighted by Gasteiger charge is 2.13. The van der Waals surface area contributed by atoms with Gasteiger partial charge < -0.3 is 15.4 Å². The minimum absolute atomic E-state index is 0. The molecular formula is C15H25Cl2N3O2. The lowest BCUT2D eigenvalue weighted by molar-refractivity contribution is -0.116. The molecule has 7 heteroatoms. The Hall–Kier alpha value is -0.850. The third kappa shape index (κ3) is 6.94. The van der Waals surface area contributed by atoms with Crippen molar-refractivity contribution in [2.24, 2.45) is 0 Å². The summed E-state index contributed by atoms with van der Waals surface area (Å²) in [6.45, 7) is 5.01. The quantitative estimate of drug-likeness (QED) is 0.823. The van der Waals surface area contributed by atoms with Crippen molar-refractivity contribution in [1.29, 1.82) is 0 Å². The summed E-state index contributed by atoms with van der Waals surface area (Å²) in [7, 11) is 1.85. The fourth-order valence-corrected chi connectivity index (χ4v) is 2.23. The molecule has 5 nitrogen and oxygen atoms in total. The molecule has 0 atom stereocenters. The smallest absolute Gasteiger partial charge is 0.225 e. The van der Waals surface area contributed by atoms with E-state index in [9.17, 15) is 4.79 Å². The van der Waals surface area contributed by atoms with Crippen LogP contribution in [-0.4, -0.2) is 50.7 Å². The molecule has 1 aliphatic heterocycles. The van der Waals surface area contributed by atoms with Gasteiger partial charge in [0.05, 0.1) is 13.2 Å². The summed E-state index contributed by atoms with van der Waals surface area (Å²) in [6.07, 6.45) is 0.488. The first kappa shape index (κ1) is 21.1. The molecule has 2 rings (SSSR count). The number of benzene rings is 1. The molecule has 1 saturated heterocycles. The number of halogens is 2. The molecular weight excluding hydrogens is 325 g/mol. The van der Waals surface area contributed by atoms with E-state index in [1.807, 2.05) is 25.2 Å². The lowest BCUT2D eigenvalue weighted by Crippen LogP contribution is -2.35. The summed E-state index contributed by atoms with van der Waals surface area (Å²) >= 11 is 0. The average Bonchev–Trinajstić information content (AvgIpc) is 2.48. The number of nitrogens with zero attached hydrogens (tertiary/aromatic N) is 1. The summed E-state index contributed by atoms with van der Waals surface area (Å²) in [6, 6.07) is 8.01. The number of hydrogen-bond donors (Lipinski definition) is 2. The van der Waals surface area contributed by atoms with Crippen molar-refractivity contribution in [3.05, 3.63) is 29.8 Å². The van der Waals surface area contributed by atoms with E-state index in [4.69, 9.17) is 4.74 Å². The van der Waals surface area contributed by atoms with Gasteiger partial charge in [-0.2, -0.15) is 0 Å². The maximum atomic E-state index is 11.8. The Morgan fingerprint density at radius 1 is 1.23 bits per heavy atom. The van der Waals surface area contributed by atoms with Gasteiger partial charge in [0, 0.05) is 38.3 Å². The third-order valence-electron chi connectivity index (χ3n) is 3.39. The molecule has 0 aromatic heterocycles. The van der Waals surface area contributed by atoms with Crippen LogP contribution in [-0.2, 0) is 16.1 Å². The van der Waals surface area contributed by atoms with Crippen molar-refractivity contribution in [1.82, 2.24) is 10.2 Å². The Kier molecular flexibility index (Phi) is 11.2. The van der Waals surface area contributed by atoms with Crippen molar-refractivity contribution >= 4 is 36.4 Å². The molecule has 1 heterocycles. The van der Waals surface area contributed by atoms with Gasteiger partial charge in [-0.15, -0.1) is 24.8 Å². The van der Waals surface area contributed by atoms with Gasteiger partial charge >= 0.3 is 0 Å². The van der Waals surface area contributed by atoms with Gasteiger partial charge in [-0.1, -0.05) is 18.2 Å². The zero-order valence-corrected chi connectivity index (χ0v) is 14.5. The molecule has 0 radical (unpaired) electrons. The van der Waals surface area contributed by atoms with E-state index < -0.39 is 0 Å². The molecule has 0 saturated carbocycles. The summed E-state index contributed by atoms with van der Waals surface area (Å²) in [5, 5.41) is 5.98. The van der Waals surface area contributed by atoms with Crippen LogP contribution in [0.2, 0.25) is 0 Å². The van der Waals surface area contributed by atoms with Crippen molar-refractivity contribution in [3.8, 4) is 0 Å². The molecule has 1 aromatic rings. The van der Waals surface area contributed by atoms with Gasteiger partial charge in [-0.3, -0.25) is 9.69 Å². The molecule has 1 amide bonds. The molecule has 0 bridgehead atoms. The predicted molar refractivity (Wildman–Crippen MR) is 94.2 cm³/mol. The van der Waals surface area contributed by atoms with Crippen LogP contribution in [0.5, 0.6) is 0 Å². The summed E-state index contributed by atoms with van der Waals surface area (Å²) in [4.78, 5) is 14.2. The van der Waals surface area contributed by atoms with Crippen LogP contribution >= 0.6 is 24.8 Å². The predicted octanol–water partition coefficient (Wildman–Crippen LogP) is 1.91. The lowest BCUT2D eigenvalue weighted by Gasteiger charge is -2.27. The van der Waals surface area contributed by atoms with Crippen LogP contribution in [0.4, 0.5) is 5.69 Å². The maximum absolute atomic E-state index is 11.8. The van der Waals surface area contributed by atoms with E-state index in [1.54, 1.807) is 0 Å². The highest BCUT2D eigenvalue weighted by atomic mass is 35.5. The fourth-order valence-electron chi connectivity index (χ4n) is 2.23. The Morgan fingerprint density at radius 2 is 1.91 bits per heavy atom. The number of carbonyl (C=O) groups is 1. The molecule has 1 aliphatic rings. The summed E-state index contributed by atoms with van der Waals surface area (Å²) < 4.78 is 5.36. The van der Waals surface area contributed by atoms with Crippen LogP contribution in [0.3, 0.4) is 0 Å². The Morgan fingerprint density at radius 3 is 2.59 bits per heavy atom. The van der Waals surface area contributed by atoms with Crippen LogP contribution in [0.1, 0.15) is 12.0 Å². The van der Waals surface area contributed by atoms with Crippen molar-refractivity contribution < 1.29 is 9.53 Å². The molecule has 22 heavy (non-hydrogen) atoms. The number of ether oxygens (including phenoxy) is 1. The van der Waals surface area contributed by atoms with E-state index in [2.05, 4.69) is 21.6 Å². The number of nitrogens with one attached hydrogen (secondary N) is 2. The van der Waals surface area contributed by atoms with Crippen molar-refractivity contribution in [3.63, 3.8) is 0 Å².